The third kappa shape index (κ3) is 3.58. The Morgan fingerprint density at radius 2 is 2.56 bits per heavy atom. The van der Waals surface area contributed by atoms with Crippen molar-refractivity contribution in [2.75, 3.05) is 23.4 Å². The van der Waals surface area contributed by atoms with E-state index in [1.165, 1.54) is 10.9 Å². The van der Waals surface area contributed by atoms with Crippen LogP contribution in [0.5, 0.6) is 0 Å². The highest BCUT2D eigenvalue weighted by molar-refractivity contribution is 7.99. The Morgan fingerprint density at radius 3 is 3.19 bits per heavy atom. The number of thioether (sulfide) groups is 1. The van der Waals surface area contributed by atoms with Gasteiger partial charge in [-0.25, -0.2) is 0 Å². The topological polar surface area (TPSA) is 73.0 Å². The monoisotopic (exact) mass is 242 g/mol. The predicted octanol–water partition coefficient (Wildman–Crippen LogP) is 1.66. The molecule has 0 aromatic carbocycles. The van der Waals surface area contributed by atoms with Crippen LogP contribution in [-0.2, 0) is 7.05 Å². The van der Waals surface area contributed by atoms with Crippen LogP contribution in [0.15, 0.2) is 18.9 Å². The van der Waals surface area contributed by atoms with Crippen LogP contribution in [-0.4, -0.2) is 32.8 Å². The van der Waals surface area contributed by atoms with Crippen LogP contribution in [0, 0.1) is 10.1 Å². The molecule has 1 rings (SSSR count). The lowest BCUT2D eigenvalue weighted by Crippen LogP contribution is -2.06. The van der Waals surface area contributed by atoms with Crippen LogP contribution >= 0.6 is 11.8 Å². The van der Waals surface area contributed by atoms with Gasteiger partial charge >= 0.3 is 5.69 Å². The summed E-state index contributed by atoms with van der Waals surface area (Å²) in [6.45, 7) is 4.26. The molecule has 0 amide bonds. The number of hydrogen-bond acceptors (Lipinski definition) is 5. The molecule has 0 saturated heterocycles. The minimum Gasteiger partial charge on any atom is -0.362 e. The number of nitro groups is 1. The van der Waals surface area contributed by atoms with Gasteiger partial charge in [0.25, 0.3) is 0 Å². The van der Waals surface area contributed by atoms with E-state index in [0.717, 1.165) is 11.5 Å². The summed E-state index contributed by atoms with van der Waals surface area (Å²) in [5.41, 5.74) is 0.0104. The van der Waals surface area contributed by atoms with Crippen molar-refractivity contribution in [2.45, 2.75) is 0 Å². The standard InChI is InChI=1S/C9H14N4O2S/c1-3-5-16-6-4-10-9-8(13(14)15)7-12(2)11-9/h3,7H,1,4-6H2,2H3,(H,10,11). The SMILES string of the molecule is C=CCSCCNc1nn(C)cc1[N+](=O)[O-]. The fourth-order valence-corrected chi connectivity index (χ4v) is 1.72. The van der Waals surface area contributed by atoms with Gasteiger partial charge < -0.3 is 5.32 Å². The second-order valence-corrected chi connectivity index (χ2v) is 4.23. The highest BCUT2D eigenvalue weighted by Crippen LogP contribution is 2.21. The summed E-state index contributed by atoms with van der Waals surface area (Å²) in [6, 6.07) is 0. The van der Waals surface area contributed by atoms with E-state index in [2.05, 4.69) is 17.0 Å². The summed E-state index contributed by atoms with van der Waals surface area (Å²) in [4.78, 5) is 10.2. The summed E-state index contributed by atoms with van der Waals surface area (Å²) >= 11 is 1.71. The molecule has 0 radical (unpaired) electrons. The summed E-state index contributed by atoms with van der Waals surface area (Å²) in [7, 11) is 1.66. The van der Waals surface area contributed by atoms with Crippen LogP contribution in [0.25, 0.3) is 0 Å². The average molecular weight is 242 g/mol. The third-order valence-corrected chi connectivity index (χ3v) is 2.74. The first-order chi connectivity index (χ1) is 7.65. The van der Waals surface area contributed by atoms with E-state index in [1.807, 2.05) is 6.08 Å². The van der Waals surface area contributed by atoms with Crippen molar-refractivity contribution in [1.82, 2.24) is 9.78 Å². The molecule has 1 aromatic rings. The van der Waals surface area contributed by atoms with Crippen molar-refractivity contribution in [2.24, 2.45) is 7.05 Å². The lowest BCUT2D eigenvalue weighted by Gasteiger charge is -2.01. The van der Waals surface area contributed by atoms with Crippen LogP contribution in [0.2, 0.25) is 0 Å². The lowest BCUT2D eigenvalue weighted by molar-refractivity contribution is -0.384. The highest BCUT2D eigenvalue weighted by atomic mass is 32.2. The second kappa shape index (κ2) is 6.16. The molecule has 0 spiro atoms. The molecular weight excluding hydrogens is 228 g/mol. The maximum Gasteiger partial charge on any atom is 0.330 e. The Morgan fingerprint density at radius 1 is 1.81 bits per heavy atom. The molecule has 0 aliphatic heterocycles. The molecular formula is C9H14N4O2S. The number of hydrogen-bond donors (Lipinski definition) is 1. The van der Waals surface area contributed by atoms with Crippen molar-refractivity contribution in [3.63, 3.8) is 0 Å². The molecule has 1 aromatic heterocycles. The van der Waals surface area contributed by atoms with Crippen molar-refractivity contribution in [3.8, 4) is 0 Å². The first-order valence-corrected chi connectivity index (χ1v) is 5.91. The number of aromatic nitrogens is 2. The zero-order chi connectivity index (χ0) is 12.0. The molecule has 88 valence electrons. The zero-order valence-electron chi connectivity index (χ0n) is 9.05. The number of aryl methyl sites for hydroxylation is 1. The predicted molar refractivity (Wildman–Crippen MR) is 65.9 cm³/mol. The molecule has 0 saturated carbocycles. The van der Waals surface area contributed by atoms with Gasteiger partial charge in [0, 0.05) is 25.1 Å². The Balaban J connectivity index is 2.46. The molecule has 0 bridgehead atoms. The van der Waals surface area contributed by atoms with Gasteiger partial charge in [-0.1, -0.05) is 6.08 Å². The van der Waals surface area contributed by atoms with Gasteiger partial charge in [-0.2, -0.15) is 11.8 Å². The molecule has 6 nitrogen and oxygen atoms in total. The van der Waals surface area contributed by atoms with Crippen molar-refractivity contribution >= 4 is 23.3 Å². The molecule has 7 heteroatoms. The maximum atomic E-state index is 10.7. The van der Waals surface area contributed by atoms with E-state index in [1.54, 1.807) is 18.8 Å². The number of nitrogens with zero attached hydrogens (tertiary/aromatic N) is 3. The third-order valence-electron chi connectivity index (χ3n) is 1.78. The molecule has 16 heavy (non-hydrogen) atoms. The highest BCUT2D eigenvalue weighted by Gasteiger charge is 2.17. The van der Waals surface area contributed by atoms with E-state index in [4.69, 9.17) is 0 Å². The number of rotatable bonds is 7. The van der Waals surface area contributed by atoms with E-state index < -0.39 is 4.92 Å². The first-order valence-electron chi connectivity index (χ1n) is 4.75. The smallest absolute Gasteiger partial charge is 0.330 e. The van der Waals surface area contributed by atoms with Crippen LogP contribution in [0.4, 0.5) is 11.5 Å². The van der Waals surface area contributed by atoms with Crippen molar-refractivity contribution < 1.29 is 4.92 Å². The largest absolute Gasteiger partial charge is 0.362 e. The van der Waals surface area contributed by atoms with Gasteiger partial charge in [0.1, 0.15) is 6.20 Å². The second-order valence-electron chi connectivity index (χ2n) is 3.08. The minimum atomic E-state index is -0.438. The van der Waals surface area contributed by atoms with E-state index in [0.29, 0.717) is 12.4 Å². The van der Waals surface area contributed by atoms with Crippen LogP contribution in [0.3, 0.4) is 0 Å². The fourth-order valence-electron chi connectivity index (χ4n) is 1.14. The van der Waals surface area contributed by atoms with Crippen molar-refractivity contribution in [3.05, 3.63) is 29.0 Å². The van der Waals surface area contributed by atoms with E-state index in [-0.39, 0.29) is 5.69 Å². The van der Waals surface area contributed by atoms with Gasteiger partial charge in [-0.3, -0.25) is 14.8 Å². The molecule has 0 unspecified atom stereocenters. The summed E-state index contributed by atoms with van der Waals surface area (Å²) in [6.07, 6.45) is 3.22. The molecule has 0 fully saturated rings. The quantitative estimate of drug-likeness (QED) is 0.341. The van der Waals surface area contributed by atoms with Gasteiger partial charge in [-0.05, 0) is 0 Å². The van der Waals surface area contributed by atoms with Gasteiger partial charge in [-0.15, -0.1) is 11.7 Å². The average Bonchev–Trinajstić information content (AvgIpc) is 2.59. The minimum absolute atomic E-state index is 0.0104. The van der Waals surface area contributed by atoms with Gasteiger partial charge in [0.15, 0.2) is 0 Å². The Hall–Kier alpha value is -1.50. The Kier molecular flexibility index (Phi) is 4.84. The zero-order valence-corrected chi connectivity index (χ0v) is 9.87. The molecule has 0 aliphatic rings. The normalized spacial score (nSPS) is 10.1. The Bertz CT molecular complexity index is 378. The lowest BCUT2D eigenvalue weighted by atomic mass is 10.5. The van der Waals surface area contributed by atoms with E-state index >= 15 is 0 Å². The fraction of sp³-hybridized carbons (Fsp3) is 0.444. The number of anilines is 1. The maximum absolute atomic E-state index is 10.7. The summed E-state index contributed by atoms with van der Waals surface area (Å²) in [5, 5.41) is 17.6. The van der Waals surface area contributed by atoms with Gasteiger partial charge in [0.05, 0.1) is 4.92 Å². The van der Waals surface area contributed by atoms with E-state index in [9.17, 15) is 10.1 Å². The number of nitrogens with one attached hydrogen (secondary N) is 1. The summed E-state index contributed by atoms with van der Waals surface area (Å²) < 4.78 is 1.43. The molecule has 1 N–H and O–H groups in total. The summed E-state index contributed by atoms with van der Waals surface area (Å²) in [5.74, 6) is 2.07. The van der Waals surface area contributed by atoms with Crippen LogP contribution < -0.4 is 5.32 Å². The molecule has 1 heterocycles. The Labute approximate surface area is 97.9 Å². The molecule has 0 atom stereocenters. The molecule has 0 aliphatic carbocycles. The first kappa shape index (κ1) is 12.6. The van der Waals surface area contributed by atoms with Gasteiger partial charge in [0.2, 0.25) is 5.82 Å². The van der Waals surface area contributed by atoms with Crippen LogP contribution in [0.1, 0.15) is 0 Å². The van der Waals surface area contributed by atoms with Crippen molar-refractivity contribution in [1.29, 1.82) is 0 Å².